The molecule has 1 heterocycles. The van der Waals surface area contributed by atoms with Gasteiger partial charge in [-0.1, -0.05) is 32.9 Å². The molecular formula is C23H33N5O3S. The van der Waals surface area contributed by atoms with Gasteiger partial charge in [0.05, 0.1) is 5.69 Å². The first-order valence-corrected chi connectivity index (χ1v) is 11.4. The lowest BCUT2D eigenvalue weighted by atomic mass is 9.98. The van der Waals surface area contributed by atoms with Crippen LogP contribution < -0.4 is 21.7 Å². The van der Waals surface area contributed by atoms with E-state index < -0.39 is 23.4 Å². The number of anilines is 2. The Kier molecular flexibility index (Phi) is 8.01. The summed E-state index contributed by atoms with van der Waals surface area (Å²) in [4.78, 5) is 40.2. The molecule has 0 saturated heterocycles. The Labute approximate surface area is 193 Å². The molecule has 0 fully saturated rings. The molecule has 0 aliphatic heterocycles. The highest BCUT2D eigenvalue weighted by molar-refractivity contribution is 7.09. The molecule has 0 aliphatic carbocycles. The maximum Gasteiger partial charge on any atom is 0.272 e. The third-order valence-corrected chi connectivity index (χ3v) is 5.66. The first kappa shape index (κ1) is 25.3. The summed E-state index contributed by atoms with van der Waals surface area (Å²) in [5.74, 6) is -1.43. The minimum absolute atomic E-state index is 0.0674. The lowest BCUT2D eigenvalue weighted by molar-refractivity contribution is -0.124. The Balaban J connectivity index is 2.62. The number of rotatable bonds is 8. The zero-order valence-corrected chi connectivity index (χ0v) is 20.4. The second-order valence-electron chi connectivity index (χ2n) is 9.22. The topological polar surface area (TPSA) is 131 Å². The van der Waals surface area contributed by atoms with Crippen LogP contribution in [0.1, 0.15) is 73.7 Å². The second-order valence-corrected chi connectivity index (χ2v) is 9.99. The molecule has 0 bridgehead atoms. The molecule has 1 aromatic carbocycles. The summed E-state index contributed by atoms with van der Waals surface area (Å²) in [5.41, 5.74) is 12.4. The van der Waals surface area contributed by atoms with Crippen LogP contribution in [0.3, 0.4) is 0 Å². The fourth-order valence-electron chi connectivity index (χ4n) is 3.30. The molecule has 0 saturated carbocycles. The number of nitrogens with zero attached hydrogens (tertiary/aromatic N) is 2. The number of hydrogen-bond donors (Lipinski definition) is 3. The molecule has 1 atom stereocenters. The number of amides is 3. The average molecular weight is 460 g/mol. The van der Waals surface area contributed by atoms with Crippen molar-refractivity contribution < 1.29 is 14.4 Å². The van der Waals surface area contributed by atoms with Crippen LogP contribution in [-0.2, 0) is 11.2 Å². The van der Waals surface area contributed by atoms with Gasteiger partial charge in [0, 0.05) is 11.2 Å². The van der Waals surface area contributed by atoms with E-state index in [1.54, 1.807) is 0 Å². The number of carbonyl (C=O) groups is 3. The van der Waals surface area contributed by atoms with Crippen molar-refractivity contribution in [1.82, 2.24) is 9.69 Å². The van der Waals surface area contributed by atoms with Gasteiger partial charge in [-0.05, 0) is 68.8 Å². The van der Waals surface area contributed by atoms with E-state index in [9.17, 15) is 14.4 Å². The Hall–Kier alpha value is -2.94. The Morgan fingerprint density at radius 2 is 1.75 bits per heavy atom. The normalized spacial score (nSPS) is 12.5. The summed E-state index contributed by atoms with van der Waals surface area (Å²) in [7, 11) is 0. The first-order chi connectivity index (χ1) is 14.9. The summed E-state index contributed by atoms with van der Waals surface area (Å²) in [6.07, 6.45) is 1.28. The lowest BCUT2D eigenvalue weighted by Gasteiger charge is -2.34. The van der Waals surface area contributed by atoms with Gasteiger partial charge >= 0.3 is 0 Å². The molecule has 174 valence electrons. The van der Waals surface area contributed by atoms with Crippen LogP contribution in [0, 0.1) is 5.92 Å². The molecule has 2 aromatic rings. The third kappa shape index (κ3) is 6.06. The molecule has 9 heteroatoms. The average Bonchev–Trinajstić information content (AvgIpc) is 3.07. The van der Waals surface area contributed by atoms with Crippen molar-refractivity contribution in [3.05, 3.63) is 40.4 Å². The van der Waals surface area contributed by atoms with Gasteiger partial charge in [-0.15, -0.1) is 0 Å². The third-order valence-electron chi connectivity index (χ3n) is 4.80. The highest BCUT2D eigenvalue weighted by Crippen LogP contribution is 2.29. The summed E-state index contributed by atoms with van der Waals surface area (Å²) in [6.45, 7) is 11.7. The Morgan fingerprint density at radius 3 is 2.19 bits per heavy atom. The predicted molar refractivity (Wildman–Crippen MR) is 129 cm³/mol. The van der Waals surface area contributed by atoms with Crippen LogP contribution in [0.2, 0.25) is 0 Å². The van der Waals surface area contributed by atoms with Crippen molar-refractivity contribution in [3.63, 3.8) is 0 Å². The lowest BCUT2D eigenvalue weighted by Crippen LogP contribution is -2.54. The zero-order valence-electron chi connectivity index (χ0n) is 19.6. The molecule has 32 heavy (non-hydrogen) atoms. The second kappa shape index (κ2) is 10.1. The van der Waals surface area contributed by atoms with Gasteiger partial charge < -0.3 is 16.8 Å². The van der Waals surface area contributed by atoms with Crippen molar-refractivity contribution in [2.24, 2.45) is 11.7 Å². The molecular weight excluding hydrogens is 426 g/mol. The van der Waals surface area contributed by atoms with Crippen LogP contribution in [0.25, 0.3) is 0 Å². The number of primary amides is 1. The van der Waals surface area contributed by atoms with Crippen LogP contribution >= 0.6 is 11.5 Å². The summed E-state index contributed by atoms with van der Waals surface area (Å²) < 4.78 is 3.96. The van der Waals surface area contributed by atoms with E-state index in [-0.39, 0.29) is 28.1 Å². The number of benzene rings is 1. The maximum absolute atomic E-state index is 13.7. The van der Waals surface area contributed by atoms with Crippen molar-refractivity contribution in [1.29, 1.82) is 0 Å². The summed E-state index contributed by atoms with van der Waals surface area (Å²) >= 11 is 0.806. The minimum atomic E-state index is -0.805. The number of nitrogens with two attached hydrogens (primary N) is 2. The van der Waals surface area contributed by atoms with Gasteiger partial charge in [-0.25, -0.2) is 0 Å². The van der Waals surface area contributed by atoms with Gasteiger partial charge in [0.25, 0.3) is 11.8 Å². The van der Waals surface area contributed by atoms with Crippen LogP contribution in [0.15, 0.2) is 24.3 Å². The molecule has 0 radical (unpaired) electrons. The van der Waals surface area contributed by atoms with Crippen molar-refractivity contribution in [3.8, 4) is 0 Å². The number of nitrogen functional groups attached to an aromatic ring is 1. The van der Waals surface area contributed by atoms with Gasteiger partial charge in [0.1, 0.15) is 10.9 Å². The van der Waals surface area contributed by atoms with E-state index in [4.69, 9.17) is 11.5 Å². The molecule has 0 spiro atoms. The van der Waals surface area contributed by atoms with E-state index in [0.717, 1.165) is 23.5 Å². The standard InChI is InChI=1S/C23H33N5O3S/c1-7-14-8-10-15(11-9-14)28(16(12-13(2)3)21(30)26-23(4,5)6)22(31)19-17(24)18(20(25)29)27-32-19/h8-11,13,16H,7,12,24H2,1-6H3,(H2,25,29)(H,26,30)/t16-/m0/s1. The number of nitrogens with one attached hydrogen (secondary N) is 1. The van der Waals surface area contributed by atoms with Gasteiger partial charge in [-0.2, -0.15) is 4.37 Å². The van der Waals surface area contributed by atoms with E-state index >= 15 is 0 Å². The van der Waals surface area contributed by atoms with E-state index in [1.807, 2.05) is 65.8 Å². The Bertz CT molecular complexity index is 977. The van der Waals surface area contributed by atoms with Gasteiger partial charge in [0.2, 0.25) is 5.91 Å². The highest BCUT2D eigenvalue weighted by Gasteiger charge is 2.36. The molecule has 8 nitrogen and oxygen atoms in total. The molecule has 0 unspecified atom stereocenters. The smallest absolute Gasteiger partial charge is 0.272 e. The fraction of sp³-hybridized carbons (Fsp3) is 0.478. The Morgan fingerprint density at radius 1 is 1.16 bits per heavy atom. The largest absolute Gasteiger partial charge is 0.395 e. The molecule has 1 aromatic heterocycles. The number of aromatic nitrogens is 1. The predicted octanol–water partition coefficient (Wildman–Crippen LogP) is 3.36. The van der Waals surface area contributed by atoms with Crippen LogP contribution in [0.5, 0.6) is 0 Å². The van der Waals surface area contributed by atoms with Crippen molar-refractivity contribution in [2.75, 3.05) is 10.6 Å². The monoisotopic (exact) mass is 459 g/mol. The SMILES string of the molecule is CCc1ccc(N(C(=O)c2snc(C(N)=O)c2N)[C@@H](CC(C)C)C(=O)NC(C)(C)C)cc1. The zero-order chi connectivity index (χ0) is 24.2. The molecule has 0 aliphatic rings. The van der Waals surface area contributed by atoms with Crippen LogP contribution in [0.4, 0.5) is 11.4 Å². The van der Waals surface area contributed by atoms with E-state index in [2.05, 4.69) is 9.69 Å². The fourth-order valence-corrected chi connectivity index (χ4v) is 4.04. The number of carbonyl (C=O) groups excluding carboxylic acids is 3. The minimum Gasteiger partial charge on any atom is -0.395 e. The first-order valence-electron chi connectivity index (χ1n) is 10.6. The maximum atomic E-state index is 13.7. The molecule has 2 rings (SSSR count). The number of hydrogen-bond acceptors (Lipinski definition) is 6. The van der Waals surface area contributed by atoms with E-state index in [1.165, 1.54) is 4.90 Å². The molecule has 5 N–H and O–H groups in total. The van der Waals surface area contributed by atoms with E-state index in [0.29, 0.717) is 12.1 Å². The quantitative estimate of drug-likeness (QED) is 0.557. The summed E-state index contributed by atoms with van der Waals surface area (Å²) in [5, 5.41) is 2.99. The van der Waals surface area contributed by atoms with Crippen molar-refractivity contribution >= 4 is 40.6 Å². The van der Waals surface area contributed by atoms with Crippen LogP contribution in [-0.4, -0.2) is 33.7 Å². The highest BCUT2D eigenvalue weighted by atomic mass is 32.1. The van der Waals surface area contributed by atoms with Gasteiger partial charge in [-0.3, -0.25) is 19.3 Å². The molecule has 3 amide bonds. The number of aryl methyl sites for hydroxylation is 1. The van der Waals surface area contributed by atoms with Gasteiger partial charge in [0.15, 0.2) is 5.69 Å². The van der Waals surface area contributed by atoms with Crippen molar-refractivity contribution in [2.45, 2.75) is 66.0 Å². The summed E-state index contributed by atoms with van der Waals surface area (Å²) in [6, 6.07) is 6.71.